The predicted molar refractivity (Wildman–Crippen MR) is 71.0 cm³/mol. The molecular weight excluding hydrogens is 216 g/mol. The van der Waals surface area contributed by atoms with Crippen LogP contribution in [0.3, 0.4) is 0 Å². The van der Waals surface area contributed by atoms with Gasteiger partial charge in [-0.25, -0.2) is 0 Å². The highest BCUT2D eigenvalue weighted by atomic mass is 16.4. The molecule has 102 valence electrons. The minimum atomic E-state index is -0.913. The molecule has 0 saturated heterocycles. The fourth-order valence-corrected chi connectivity index (χ4v) is 2.00. The Labute approximate surface area is 105 Å². The summed E-state index contributed by atoms with van der Waals surface area (Å²) in [5, 5.41) is 11.6. The molecule has 0 heterocycles. The standard InChI is InChI=1S/C7H15N.C6H13NO2/c1-8-7-5-3-2-4-6-7;1-4(2)3-5(7)6(8)9/h7-8H,2-6H2,1H3;4-5H,3,7H2,1-2H3,(H,8,9). The van der Waals surface area contributed by atoms with Crippen molar-refractivity contribution in [3.05, 3.63) is 0 Å². The van der Waals surface area contributed by atoms with Crippen LogP contribution in [0.1, 0.15) is 52.4 Å². The largest absolute Gasteiger partial charge is 0.480 e. The van der Waals surface area contributed by atoms with Crippen molar-refractivity contribution in [2.75, 3.05) is 7.05 Å². The lowest BCUT2D eigenvalue weighted by molar-refractivity contribution is -0.138. The van der Waals surface area contributed by atoms with Gasteiger partial charge in [0.15, 0.2) is 0 Å². The van der Waals surface area contributed by atoms with E-state index in [9.17, 15) is 4.79 Å². The number of nitrogens with one attached hydrogen (secondary N) is 1. The van der Waals surface area contributed by atoms with Crippen molar-refractivity contribution in [2.45, 2.75) is 64.5 Å². The second kappa shape index (κ2) is 9.42. The number of carboxylic acids is 1. The van der Waals surface area contributed by atoms with Gasteiger partial charge in [-0.2, -0.15) is 0 Å². The van der Waals surface area contributed by atoms with Crippen molar-refractivity contribution < 1.29 is 9.90 Å². The quantitative estimate of drug-likeness (QED) is 0.707. The van der Waals surface area contributed by atoms with E-state index in [2.05, 4.69) is 12.4 Å². The van der Waals surface area contributed by atoms with Crippen LogP contribution in [0.15, 0.2) is 0 Å². The van der Waals surface area contributed by atoms with Gasteiger partial charge >= 0.3 is 5.97 Å². The number of hydrogen-bond donors (Lipinski definition) is 3. The molecule has 17 heavy (non-hydrogen) atoms. The van der Waals surface area contributed by atoms with Gasteiger partial charge in [0.1, 0.15) is 6.04 Å². The maximum atomic E-state index is 10.1. The van der Waals surface area contributed by atoms with Crippen LogP contribution in [0.4, 0.5) is 0 Å². The summed E-state index contributed by atoms with van der Waals surface area (Å²) in [4.78, 5) is 10.1. The van der Waals surface area contributed by atoms with Gasteiger partial charge in [0, 0.05) is 6.04 Å². The first-order valence-corrected chi connectivity index (χ1v) is 6.63. The Hall–Kier alpha value is -0.610. The van der Waals surface area contributed by atoms with Gasteiger partial charge in [-0.15, -0.1) is 0 Å². The summed E-state index contributed by atoms with van der Waals surface area (Å²) in [6, 6.07) is 0.147. The third-order valence-electron chi connectivity index (χ3n) is 3.06. The van der Waals surface area contributed by atoms with E-state index >= 15 is 0 Å². The summed E-state index contributed by atoms with van der Waals surface area (Å²) < 4.78 is 0. The van der Waals surface area contributed by atoms with E-state index in [0.717, 1.165) is 6.04 Å². The summed E-state index contributed by atoms with van der Waals surface area (Å²) in [5.41, 5.74) is 5.22. The first-order valence-electron chi connectivity index (χ1n) is 6.63. The minimum Gasteiger partial charge on any atom is -0.480 e. The van der Waals surface area contributed by atoms with Crippen LogP contribution in [0.2, 0.25) is 0 Å². The lowest BCUT2D eigenvalue weighted by Gasteiger charge is -2.20. The highest BCUT2D eigenvalue weighted by Crippen LogP contribution is 2.16. The molecule has 4 N–H and O–H groups in total. The molecule has 0 bridgehead atoms. The van der Waals surface area contributed by atoms with Crippen molar-refractivity contribution in [3.63, 3.8) is 0 Å². The van der Waals surface area contributed by atoms with Gasteiger partial charge in [-0.05, 0) is 32.2 Å². The predicted octanol–water partition coefficient (Wildman–Crippen LogP) is 1.98. The smallest absolute Gasteiger partial charge is 0.320 e. The van der Waals surface area contributed by atoms with Crippen LogP contribution in [-0.2, 0) is 4.79 Å². The van der Waals surface area contributed by atoms with Gasteiger partial charge in [-0.1, -0.05) is 33.1 Å². The Morgan fingerprint density at radius 2 is 1.88 bits per heavy atom. The molecular formula is C13H28N2O2. The zero-order chi connectivity index (χ0) is 13.3. The zero-order valence-electron chi connectivity index (χ0n) is 11.4. The second-order valence-electron chi connectivity index (χ2n) is 5.20. The van der Waals surface area contributed by atoms with Crippen molar-refractivity contribution in [1.82, 2.24) is 5.32 Å². The van der Waals surface area contributed by atoms with Gasteiger partial charge in [0.25, 0.3) is 0 Å². The third-order valence-corrected chi connectivity index (χ3v) is 3.06. The summed E-state index contributed by atoms with van der Waals surface area (Å²) in [6.07, 6.45) is 7.68. The topological polar surface area (TPSA) is 75.4 Å². The summed E-state index contributed by atoms with van der Waals surface area (Å²) in [6.45, 7) is 3.89. The molecule has 1 rings (SSSR count). The fraction of sp³-hybridized carbons (Fsp3) is 0.923. The molecule has 0 aliphatic heterocycles. The molecule has 0 aromatic heterocycles. The number of nitrogens with two attached hydrogens (primary N) is 1. The fourth-order valence-electron chi connectivity index (χ4n) is 2.00. The number of hydrogen-bond acceptors (Lipinski definition) is 3. The molecule has 0 radical (unpaired) electrons. The number of carbonyl (C=O) groups is 1. The molecule has 1 atom stereocenters. The molecule has 0 aromatic carbocycles. The maximum absolute atomic E-state index is 10.1. The average molecular weight is 244 g/mol. The van der Waals surface area contributed by atoms with Crippen LogP contribution in [0.5, 0.6) is 0 Å². The van der Waals surface area contributed by atoms with Gasteiger partial charge in [0.05, 0.1) is 0 Å². The van der Waals surface area contributed by atoms with Crippen molar-refractivity contribution in [3.8, 4) is 0 Å². The molecule has 1 aliphatic rings. The monoisotopic (exact) mass is 244 g/mol. The Morgan fingerprint density at radius 3 is 2.12 bits per heavy atom. The van der Waals surface area contributed by atoms with Crippen molar-refractivity contribution in [2.24, 2.45) is 11.7 Å². The summed E-state index contributed by atoms with van der Waals surface area (Å²) in [5.74, 6) is -0.556. The van der Waals surface area contributed by atoms with Gasteiger partial charge < -0.3 is 16.2 Å². The lowest BCUT2D eigenvalue weighted by atomic mass is 9.96. The van der Waals surface area contributed by atoms with Crippen LogP contribution in [-0.4, -0.2) is 30.2 Å². The van der Waals surface area contributed by atoms with Gasteiger partial charge in [-0.3, -0.25) is 4.79 Å². The lowest BCUT2D eigenvalue weighted by Crippen LogP contribution is -2.31. The molecule has 1 saturated carbocycles. The highest BCUT2D eigenvalue weighted by molar-refractivity contribution is 5.72. The normalized spacial score (nSPS) is 18.4. The second-order valence-corrected chi connectivity index (χ2v) is 5.20. The molecule has 1 fully saturated rings. The summed E-state index contributed by atoms with van der Waals surface area (Å²) in [7, 11) is 2.07. The van der Waals surface area contributed by atoms with E-state index in [0.29, 0.717) is 12.3 Å². The first-order chi connectivity index (χ1) is 7.97. The summed E-state index contributed by atoms with van der Waals surface area (Å²) >= 11 is 0. The van der Waals surface area contributed by atoms with E-state index in [1.807, 2.05) is 13.8 Å². The molecule has 4 heteroatoms. The van der Waals surface area contributed by atoms with Crippen LogP contribution < -0.4 is 11.1 Å². The Kier molecular flexibility index (Phi) is 9.09. The number of carboxylic acid groups (broad SMARTS) is 1. The van der Waals surface area contributed by atoms with Crippen molar-refractivity contribution >= 4 is 5.97 Å². The maximum Gasteiger partial charge on any atom is 0.320 e. The molecule has 1 aliphatic carbocycles. The van der Waals surface area contributed by atoms with Crippen molar-refractivity contribution in [1.29, 1.82) is 0 Å². The van der Waals surface area contributed by atoms with E-state index < -0.39 is 12.0 Å². The highest BCUT2D eigenvalue weighted by Gasteiger charge is 2.12. The van der Waals surface area contributed by atoms with E-state index in [-0.39, 0.29) is 0 Å². The van der Waals surface area contributed by atoms with E-state index in [4.69, 9.17) is 10.8 Å². The molecule has 0 aromatic rings. The SMILES string of the molecule is CC(C)CC(N)C(=O)O.CNC1CCCCC1. The Bertz CT molecular complexity index is 202. The zero-order valence-corrected chi connectivity index (χ0v) is 11.4. The Balaban J connectivity index is 0.000000302. The number of rotatable bonds is 4. The number of aliphatic carboxylic acids is 1. The van der Waals surface area contributed by atoms with E-state index in [1.165, 1.54) is 32.1 Å². The first kappa shape index (κ1) is 16.4. The van der Waals surface area contributed by atoms with Crippen LogP contribution >= 0.6 is 0 Å². The minimum absolute atomic E-state index is 0.357. The van der Waals surface area contributed by atoms with Gasteiger partial charge in [0.2, 0.25) is 0 Å². The van der Waals surface area contributed by atoms with Crippen LogP contribution in [0, 0.1) is 5.92 Å². The Morgan fingerprint density at radius 1 is 1.35 bits per heavy atom. The average Bonchev–Trinajstić information content (AvgIpc) is 2.30. The molecule has 1 unspecified atom stereocenters. The molecule has 0 amide bonds. The molecule has 4 nitrogen and oxygen atoms in total. The molecule has 0 spiro atoms. The third kappa shape index (κ3) is 9.12. The van der Waals surface area contributed by atoms with E-state index in [1.54, 1.807) is 0 Å². The van der Waals surface area contributed by atoms with Crippen LogP contribution in [0.25, 0.3) is 0 Å².